The van der Waals surface area contributed by atoms with Crippen LogP contribution in [0.1, 0.15) is 28.3 Å². The first-order chi connectivity index (χ1) is 8.20. The summed E-state index contributed by atoms with van der Waals surface area (Å²) in [6.45, 7) is 4.10. The van der Waals surface area contributed by atoms with Crippen molar-refractivity contribution in [1.82, 2.24) is 10.4 Å². The number of benzene rings is 1. The monoisotopic (exact) mass is 227 g/mol. The summed E-state index contributed by atoms with van der Waals surface area (Å²) >= 11 is 0. The van der Waals surface area contributed by atoms with E-state index in [-0.39, 0.29) is 6.04 Å². The molecule has 0 aliphatic carbocycles. The summed E-state index contributed by atoms with van der Waals surface area (Å²) in [5.41, 5.74) is 7.44. The largest absolute Gasteiger partial charge is 0.271 e. The summed E-state index contributed by atoms with van der Waals surface area (Å²) in [6, 6.07) is 10.4. The van der Waals surface area contributed by atoms with Crippen LogP contribution in [0.15, 0.2) is 42.7 Å². The molecule has 0 saturated carbocycles. The van der Waals surface area contributed by atoms with Gasteiger partial charge >= 0.3 is 0 Å². The zero-order valence-corrected chi connectivity index (χ0v) is 10.1. The van der Waals surface area contributed by atoms with Gasteiger partial charge in [-0.1, -0.05) is 35.9 Å². The van der Waals surface area contributed by atoms with Crippen molar-refractivity contribution in [2.75, 3.05) is 0 Å². The van der Waals surface area contributed by atoms with Gasteiger partial charge in [-0.05, 0) is 30.5 Å². The highest BCUT2D eigenvalue weighted by molar-refractivity contribution is 5.33. The summed E-state index contributed by atoms with van der Waals surface area (Å²) in [5.74, 6) is 5.66. The normalized spacial score (nSPS) is 12.4. The summed E-state index contributed by atoms with van der Waals surface area (Å²) in [6.07, 6.45) is 3.69. The molecular weight excluding hydrogens is 210 g/mol. The van der Waals surface area contributed by atoms with Crippen LogP contribution in [-0.2, 0) is 0 Å². The van der Waals surface area contributed by atoms with Crippen LogP contribution < -0.4 is 11.3 Å². The fraction of sp³-hybridized carbons (Fsp3) is 0.214. The minimum absolute atomic E-state index is 0.0118. The maximum absolute atomic E-state index is 5.66. The Labute approximate surface area is 102 Å². The average molecular weight is 227 g/mol. The molecule has 1 heterocycles. The minimum Gasteiger partial charge on any atom is -0.271 e. The number of pyridine rings is 1. The van der Waals surface area contributed by atoms with Gasteiger partial charge in [-0.25, -0.2) is 5.43 Å². The molecular formula is C14H17N3. The minimum atomic E-state index is -0.0118. The summed E-state index contributed by atoms with van der Waals surface area (Å²) in [5, 5.41) is 0. The van der Waals surface area contributed by atoms with Crippen LogP contribution >= 0.6 is 0 Å². The van der Waals surface area contributed by atoms with E-state index in [0.717, 1.165) is 16.7 Å². The van der Waals surface area contributed by atoms with Gasteiger partial charge < -0.3 is 0 Å². The van der Waals surface area contributed by atoms with Crippen LogP contribution in [0.3, 0.4) is 0 Å². The molecule has 3 nitrogen and oxygen atoms in total. The average Bonchev–Trinajstić information content (AvgIpc) is 2.30. The van der Waals surface area contributed by atoms with Crippen molar-refractivity contribution in [2.45, 2.75) is 19.9 Å². The van der Waals surface area contributed by atoms with Crippen LogP contribution in [-0.4, -0.2) is 4.98 Å². The van der Waals surface area contributed by atoms with Crippen LogP contribution in [0.2, 0.25) is 0 Å². The first kappa shape index (κ1) is 11.8. The Morgan fingerprint density at radius 3 is 2.47 bits per heavy atom. The first-order valence-electron chi connectivity index (χ1n) is 5.65. The predicted molar refractivity (Wildman–Crippen MR) is 69.3 cm³/mol. The van der Waals surface area contributed by atoms with Gasteiger partial charge in [-0.3, -0.25) is 10.8 Å². The second-order valence-electron chi connectivity index (χ2n) is 4.31. The van der Waals surface area contributed by atoms with Crippen molar-refractivity contribution in [3.05, 3.63) is 65.0 Å². The lowest BCUT2D eigenvalue weighted by Gasteiger charge is -2.17. The molecule has 2 aromatic rings. The second-order valence-corrected chi connectivity index (χ2v) is 4.31. The fourth-order valence-electron chi connectivity index (χ4n) is 1.97. The van der Waals surface area contributed by atoms with Gasteiger partial charge in [0.25, 0.3) is 0 Å². The van der Waals surface area contributed by atoms with E-state index in [1.165, 1.54) is 5.56 Å². The highest BCUT2D eigenvalue weighted by Crippen LogP contribution is 2.21. The Balaban J connectivity index is 2.40. The van der Waals surface area contributed by atoms with Gasteiger partial charge in [-0.2, -0.15) is 0 Å². The number of nitrogens with one attached hydrogen (secondary N) is 1. The molecule has 0 saturated heterocycles. The number of nitrogens with zero attached hydrogens (tertiary/aromatic N) is 1. The van der Waals surface area contributed by atoms with E-state index < -0.39 is 0 Å². The van der Waals surface area contributed by atoms with Crippen LogP contribution in [0.25, 0.3) is 0 Å². The molecule has 0 fully saturated rings. The van der Waals surface area contributed by atoms with Crippen LogP contribution in [0.5, 0.6) is 0 Å². The Kier molecular flexibility index (Phi) is 3.52. The van der Waals surface area contributed by atoms with Crippen LogP contribution in [0.4, 0.5) is 0 Å². The topological polar surface area (TPSA) is 50.9 Å². The highest BCUT2D eigenvalue weighted by atomic mass is 15.2. The van der Waals surface area contributed by atoms with E-state index in [4.69, 9.17) is 5.84 Å². The Morgan fingerprint density at radius 2 is 1.82 bits per heavy atom. The molecule has 0 radical (unpaired) electrons. The standard InChI is InChI=1S/C14H17N3/c1-10-4-3-5-12(6-10)14(17-15)13-7-11(2)8-16-9-13/h3-9,14,17H,15H2,1-2H3. The molecule has 0 aliphatic heterocycles. The maximum atomic E-state index is 5.66. The molecule has 0 amide bonds. The number of hydrazine groups is 1. The predicted octanol–water partition coefficient (Wildman–Crippen LogP) is 2.25. The lowest BCUT2D eigenvalue weighted by molar-refractivity contribution is 0.634. The maximum Gasteiger partial charge on any atom is 0.0725 e. The Morgan fingerprint density at radius 1 is 1.06 bits per heavy atom. The number of nitrogens with two attached hydrogens (primary N) is 1. The van der Waals surface area contributed by atoms with Gasteiger partial charge in [0.2, 0.25) is 0 Å². The third kappa shape index (κ3) is 2.70. The van der Waals surface area contributed by atoms with E-state index in [9.17, 15) is 0 Å². The van der Waals surface area contributed by atoms with Crippen molar-refractivity contribution < 1.29 is 0 Å². The number of aromatic nitrogens is 1. The Hall–Kier alpha value is -1.71. The van der Waals surface area contributed by atoms with E-state index in [1.54, 1.807) is 0 Å². The third-order valence-corrected chi connectivity index (χ3v) is 2.77. The lowest BCUT2D eigenvalue weighted by Crippen LogP contribution is -2.29. The van der Waals surface area contributed by atoms with Gasteiger partial charge in [0, 0.05) is 12.4 Å². The van der Waals surface area contributed by atoms with Gasteiger partial charge in [0.1, 0.15) is 0 Å². The molecule has 0 aliphatic rings. The fourth-order valence-corrected chi connectivity index (χ4v) is 1.97. The molecule has 1 atom stereocenters. The van der Waals surface area contributed by atoms with E-state index >= 15 is 0 Å². The number of hydrogen-bond acceptors (Lipinski definition) is 3. The smallest absolute Gasteiger partial charge is 0.0725 e. The van der Waals surface area contributed by atoms with Crippen molar-refractivity contribution >= 4 is 0 Å². The molecule has 3 N–H and O–H groups in total. The highest BCUT2D eigenvalue weighted by Gasteiger charge is 2.12. The number of aryl methyl sites for hydroxylation is 2. The number of rotatable bonds is 3. The van der Waals surface area contributed by atoms with Gasteiger partial charge in [-0.15, -0.1) is 0 Å². The zero-order chi connectivity index (χ0) is 12.3. The lowest BCUT2D eigenvalue weighted by atomic mass is 9.98. The molecule has 1 aromatic heterocycles. The summed E-state index contributed by atoms with van der Waals surface area (Å²) < 4.78 is 0. The molecule has 17 heavy (non-hydrogen) atoms. The van der Waals surface area contributed by atoms with Crippen molar-refractivity contribution in [2.24, 2.45) is 5.84 Å². The third-order valence-electron chi connectivity index (χ3n) is 2.77. The molecule has 1 unspecified atom stereocenters. The summed E-state index contributed by atoms with van der Waals surface area (Å²) in [7, 11) is 0. The molecule has 0 spiro atoms. The van der Waals surface area contributed by atoms with E-state index in [0.29, 0.717) is 0 Å². The SMILES string of the molecule is Cc1cccc(C(NN)c2cncc(C)c2)c1. The molecule has 2 rings (SSSR count). The van der Waals surface area contributed by atoms with Crippen molar-refractivity contribution in [3.8, 4) is 0 Å². The molecule has 3 heteroatoms. The Bertz CT molecular complexity index is 463. The zero-order valence-electron chi connectivity index (χ0n) is 10.1. The van der Waals surface area contributed by atoms with E-state index in [2.05, 4.69) is 41.6 Å². The second kappa shape index (κ2) is 5.08. The van der Waals surface area contributed by atoms with Crippen LogP contribution in [0, 0.1) is 13.8 Å². The van der Waals surface area contributed by atoms with Crippen molar-refractivity contribution in [3.63, 3.8) is 0 Å². The van der Waals surface area contributed by atoms with Crippen molar-refractivity contribution in [1.29, 1.82) is 0 Å². The molecule has 0 bridgehead atoms. The van der Waals surface area contributed by atoms with Gasteiger partial charge in [0.05, 0.1) is 6.04 Å². The van der Waals surface area contributed by atoms with E-state index in [1.807, 2.05) is 25.4 Å². The first-order valence-corrected chi connectivity index (χ1v) is 5.65. The quantitative estimate of drug-likeness (QED) is 0.624. The number of hydrogen-bond donors (Lipinski definition) is 2. The molecule has 1 aromatic carbocycles. The molecule has 88 valence electrons. The van der Waals surface area contributed by atoms with Gasteiger partial charge in [0.15, 0.2) is 0 Å². The summed E-state index contributed by atoms with van der Waals surface area (Å²) in [4.78, 5) is 4.21.